The average Bonchev–Trinajstić information content (AvgIpc) is 3.42. The van der Waals surface area contributed by atoms with Crippen LogP contribution in [-0.4, -0.2) is 31.6 Å². The quantitative estimate of drug-likeness (QED) is 0.496. The first-order valence-corrected chi connectivity index (χ1v) is 8.77. The molecule has 0 bridgehead atoms. The van der Waals surface area contributed by atoms with E-state index < -0.39 is 4.92 Å². The number of amides is 1. The van der Waals surface area contributed by atoms with Crippen molar-refractivity contribution in [3.8, 4) is 5.69 Å². The Morgan fingerprint density at radius 1 is 1.15 bits per heavy atom. The molecule has 2 aromatic carbocycles. The SMILES string of the molecule is O=C(c1ccn(-c2cccc([N+](=O)[O-])c2)n1)N(Cc1ccccc1)C1CC1. The molecule has 1 saturated carbocycles. The predicted molar refractivity (Wildman–Crippen MR) is 99.6 cm³/mol. The normalized spacial score (nSPS) is 13.3. The third-order valence-corrected chi connectivity index (χ3v) is 4.56. The fourth-order valence-electron chi connectivity index (χ4n) is 3.01. The molecule has 0 atom stereocenters. The molecule has 1 aromatic heterocycles. The van der Waals surface area contributed by atoms with Gasteiger partial charge in [-0.3, -0.25) is 14.9 Å². The number of rotatable bonds is 6. The van der Waals surface area contributed by atoms with Crippen LogP contribution in [0.4, 0.5) is 5.69 Å². The second-order valence-corrected chi connectivity index (χ2v) is 6.57. The van der Waals surface area contributed by atoms with Crippen LogP contribution in [-0.2, 0) is 6.54 Å². The molecule has 27 heavy (non-hydrogen) atoms. The average molecular weight is 362 g/mol. The van der Waals surface area contributed by atoms with Crippen LogP contribution in [0.3, 0.4) is 0 Å². The van der Waals surface area contributed by atoms with E-state index in [1.807, 2.05) is 35.2 Å². The zero-order valence-electron chi connectivity index (χ0n) is 14.6. The number of carbonyl (C=O) groups excluding carboxylic acids is 1. The lowest BCUT2D eigenvalue weighted by Crippen LogP contribution is -2.33. The Morgan fingerprint density at radius 3 is 2.63 bits per heavy atom. The van der Waals surface area contributed by atoms with Gasteiger partial charge < -0.3 is 4.90 Å². The van der Waals surface area contributed by atoms with Gasteiger partial charge in [-0.1, -0.05) is 36.4 Å². The highest BCUT2D eigenvalue weighted by Gasteiger charge is 2.34. The summed E-state index contributed by atoms with van der Waals surface area (Å²) in [6.07, 6.45) is 3.66. The minimum Gasteiger partial charge on any atom is -0.330 e. The van der Waals surface area contributed by atoms with Crippen LogP contribution in [0.5, 0.6) is 0 Å². The number of nitrogens with zero attached hydrogens (tertiary/aromatic N) is 4. The lowest BCUT2D eigenvalue weighted by Gasteiger charge is -2.21. The molecule has 0 radical (unpaired) electrons. The summed E-state index contributed by atoms with van der Waals surface area (Å²) in [6.45, 7) is 0.550. The Morgan fingerprint density at radius 2 is 1.93 bits per heavy atom. The Labute approximate surface area is 156 Å². The van der Waals surface area contributed by atoms with E-state index in [0.717, 1.165) is 18.4 Å². The summed E-state index contributed by atoms with van der Waals surface area (Å²) in [5, 5.41) is 15.3. The van der Waals surface area contributed by atoms with Gasteiger partial charge in [0.2, 0.25) is 0 Å². The van der Waals surface area contributed by atoms with Crippen LogP contribution in [0.15, 0.2) is 66.9 Å². The Bertz CT molecular complexity index is 980. The largest absolute Gasteiger partial charge is 0.330 e. The number of non-ortho nitro benzene ring substituents is 1. The first kappa shape index (κ1) is 17.0. The van der Waals surface area contributed by atoms with Gasteiger partial charge in [0.05, 0.1) is 10.6 Å². The molecule has 1 aliphatic carbocycles. The first-order chi connectivity index (χ1) is 13.1. The molecule has 0 saturated heterocycles. The molecule has 1 aliphatic rings. The van der Waals surface area contributed by atoms with E-state index in [0.29, 0.717) is 17.9 Å². The Hall–Kier alpha value is -3.48. The molecule has 0 N–H and O–H groups in total. The van der Waals surface area contributed by atoms with E-state index in [1.54, 1.807) is 24.4 Å². The summed E-state index contributed by atoms with van der Waals surface area (Å²) in [6, 6.07) is 18.0. The highest BCUT2D eigenvalue weighted by atomic mass is 16.6. The fourth-order valence-corrected chi connectivity index (χ4v) is 3.01. The smallest absolute Gasteiger partial charge is 0.274 e. The van der Waals surface area contributed by atoms with Gasteiger partial charge in [-0.05, 0) is 30.5 Å². The molecular weight excluding hydrogens is 344 g/mol. The van der Waals surface area contributed by atoms with Crippen molar-refractivity contribution in [1.29, 1.82) is 0 Å². The van der Waals surface area contributed by atoms with E-state index in [-0.39, 0.29) is 17.6 Å². The predicted octanol–water partition coefficient (Wildman–Crippen LogP) is 3.59. The van der Waals surface area contributed by atoms with E-state index in [2.05, 4.69) is 5.10 Å². The summed E-state index contributed by atoms with van der Waals surface area (Å²) in [7, 11) is 0. The van der Waals surface area contributed by atoms with Gasteiger partial charge in [0.1, 0.15) is 0 Å². The number of nitro groups is 1. The highest BCUT2D eigenvalue weighted by molar-refractivity contribution is 5.92. The van der Waals surface area contributed by atoms with Gasteiger partial charge in [0, 0.05) is 30.9 Å². The maximum Gasteiger partial charge on any atom is 0.274 e. The lowest BCUT2D eigenvalue weighted by atomic mass is 10.2. The van der Waals surface area contributed by atoms with Crippen LogP contribution in [0.25, 0.3) is 5.69 Å². The van der Waals surface area contributed by atoms with Gasteiger partial charge in [-0.2, -0.15) is 5.10 Å². The molecule has 7 nitrogen and oxygen atoms in total. The topological polar surface area (TPSA) is 81.3 Å². The maximum absolute atomic E-state index is 13.0. The summed E-state index contributed by atoms with van der Waals surface area (Å²) >= 11 is 0. The Kier molecular flexibility index (Phi) is 4.42. The molecule has 0 aliphatic heterocycles. The first-order valence-electron chi connectivity index (χ1n) is 8.77. The van der Waals surface area contributed by atoms with Crippen molar-refractivity contribution >= 4 is 11.6 Å². The molecule has 3 aromatic rings. The highest BCUT2D eigenvalue weighted by Crippen LogP contribution is 2.29. The summed E-state index contributed by atoms with van der Waals surface area (Å²) in [4.78, 5) is 25.4. The number of hydrogen-bond donors (Lipinski definition) is 0. The van der Waals surface area contributed by atoms with Crippen LogP contribution in [0.1, 0.15) is 28.9 Å². The van der Waals surface area contributed by atoms with Crippen molar-refractivity contribution in [2.75, 3.05) is 0 Å². The van der Waals surface area contributed by atoms with Gasteiger partial charge in [0.15, 0.2) is 5.69 Å². The summed E-state index contributed by atoms with van der Waals surface area (Å²) in [5.74, 6) is -0.120. The van der Waals surface area contributed by atoms with Crippen LogP contribution in [0, 0.1) is 10.1 Å². The van der Waals surface area contributed by atoms with Gasteiger partial charge in [0.25, 0.3) is 11.6 Å². The van der Waals surface area contributed by atoms with Crippen molar-refractivity contribution < 1.29 is 9.72 Å². The molecule has 1 fully saturated rings. The number of carbonyl (C=O) groups is 1. The number of nitro benzene ring substituents is 1. The minimum atomic E-state index is -0.451. The van der Waals surface area contributed by atoms with Gasteiger partial charge in [-0.15, -0.1) is 0 Å². The second kappa shape index (κ2) is 7.03. The molecule has 1 amide bonds. The van der Waals surface area contributed by atoms with Crippen molar-refractivity contribution in [1.82, 2.24) is 14.7 Å². The van der Waals surface area contributed by atoms with Crippen LogP contribution in [0.2, 0.25) is 0 Å². The molecule has 136 valence electrons. The standard InChI is InChI=1S/C20H18N4O3/c25-20(22(16-9-10-16)14-15-5-2-1-3-6-15)19-11-12-23(21-19)17-7-4-8-18(13-17)24(26)27/h1-8,11-13,16H,9-10,14H2. The van der Waals surface area contributed by atoms with Crippen molar-refractivity contribution in [2.45, 2.75) is 25.4 Å². The molecule has 1 heterocycles. The molecule has 4 rings (SSSR count). The molecular formula is C20H18N4O3. The number of benzene rings is 2. The third kappa shape index (κ3) is 3.72. The van der Waals surface area contributed by atoms with Crippen LogP contribution >= 0.6 is 0 Å². The summed E-state index contributed by atoms with van der Waals surface area (Å²) in [5.41, 5.74) is 1.95. The fraction of sp³-hybridized carbons (Fsp3) is 0.200. The van der Waals surface area contributed by atoms with Gasteiger partial charge in [-0.25, -0.2) is 4.68 Å². The lowest BCUT2D eigenvalue weighted by molar-refractivity contribution is -0.384. The van der Waals surface area contributed by atoms with Crippen molar-refractivity contribution in [2.24, 2.45) is 0 Å². The molecule has 0 spiro atoms. The van der Waals surface area contributed by atoms with Crippen molar-refractivity contribution in [3.63, 3.8) is 0 Å². The molecule has 0 unspecified atom stereocenters. The molecule has 7 heteroatoms. The number of aromatic nitrogens is 2. The van der Waals surface area contributed by atoms with E-state index >= 15 is 0 Å². The van der Waals surface area contributed by atoms with Crippen molar-refractivity contribution in [3.05, 3.63) is 88.2 Å². The third-order valence-electron chi connectivity index (χ3n) is 4.56. The summed E-state index contributed by atoms with van der Waals surface area (Å²) < 4.78 is 1.49. The van der Waals surface area contributed by atoms with E-state index in [1.165, 1.54) is 16.8 Å². The zero-order valence-corrected chi connectivity index (χ0v) is 14.6. The van der Waals surface area contributed by atoms with Gasteiger partial charge >= 0.3 is 0 Å². The second-order valence-electron chi connectivity index (χ2n) is 6.57. The van der Waals surface area contributed by atoms with Crippen LogP contribution < -0.4 is 0 Å². The van der Waals surface area contributed by atoms with E-state index in [9.17, 15) is 14.9 Å². The zero-order chi connectivity index (χ0) is 18.8. The number of hydrogen-bond acceptors (Lipinski definition) is 4. The maximum atomic E-state index is 13.0. The monoisotopic (exact) mass is 362 g/mol. The van der Waals surface area contributed by atoms with E-state index in [4.69, 9.17) is 0 Å². The minimum absolute atomic E-state index is 0.0143. The Balaban J connectivity index is 1.57.